The van der Waals surface area contributed by atoms with Crippen LogP contribution in [0.1, 0.15) is 10.5 Å². The van der Waals surface area contributed by atoms with Crippen LogP contribution in [0.25, 0.3) is 17.1 Å². The predicted molar refractivity (Wildman–Crippen MR) is 89.3 cm³/mol. The maximum Gasteiger partial charge on any atom is 0.268 e. The standard InChI is InChI=1S/C17H14FN3OS/c1-23-14-8-2-11(3-9-14)17-20-15(16(19)22)10-21(17)13-6-4-12(18)5-7-13/h2-10H,1H3,(H2,19,22). The maximum atomic E-state index is 13.1. The van der Waals surface area contributed by atoms with Gasteiger partial charge in [-0.3, -0.25) is 9.36 Å². The molecule has 1 amide bonds. The van der Waals surface area contributed by atoms with Crippen molar-refractivity contribution in [3.63, 3.8) is 0 Å². The summed E-state index contributed by atoms with van der Waals surface area (Å²) in [5.74, 6) is -0.347. The van der Waals surface area contributed by atoms with Crippen LogP contribution in [0.15, 0.2) is 59.6 Å². The highest BCUT2D eigenvalue weighted by Gasteiger charge is 2.15. The van der Waals surface area contributed by atoms with Crippen LogP contribution in [0.2, 0.25) is 0 Å². The predicted octanol–water partition coefficient (Wildman–Crippen LogP) is 3.50. The Morgan fingerprint density at radius 3 is 2.35 bits per heavy atom. The van der Waals surface area contributed by atoms with Gasteiger partial charge in [0.15, 0.2) is 0 Å². The number of thioether (sulfide) groups is 1. The zero-order valence-corrected chi connectivity index (χ0v) is 13.2. The second kappa shape index (κ2) is 6.26. The van der Waals surface area contributed by atoms with E-state index in [0.29, 0.717) is 11.5 Å². The minimum Gasteiger partial charge on any atom is -0.364 e. The quantitative estimate of drug-likeness (QED) is 0.746. The number of primary amides is 1. The number of aromatic nitrogens is 2. The maximum absolute atomic E-state index is 13.1. The number of amides is 1. The smallest absolute Gasteiger partial charge is 0.268 e. The van der Waals surface area contributed by atoms with Gasteiger partial charge >= 0.3 is 0 Å². The third kappa shape index (κ3) is 3.12. The van der Waals surface area contributed by atoms with Crippen LogP contribution in [-0.4, -0.2) is 21.7 Å². The Morgan fingerprint density at radius 1 is 1.13 bits per heavy atom. The second-order valence-corrected chi connectivity index (χ2v) is 5.77. The van der Waals surface area contributed by atoms with Crippen molar-refractivity contribution in [2.45, 2.75) is 4.90 Å². The number of benzene rings is 2. The van der Waals surface area contributed by atoms with Gasteiger partial charge in [0, 0.05) is 22.3 Å². The number of hydrogen-bond acceptors (Lipinski definition) is 3. The van der Waals surface area contributed by atoms with Gasteiger partial charge < -0.3 is 5.73 Å². The first-order valence-electron chi connectivity index (χ1n) is 6.88. The second-order valence-electron chi connectivity index (χ2n) is 4.89. The number of carbonyl (C=O) groups is 1. The van der Waals surface area contributed by atoms with Crippen molar-refractivity contribution in [2.24, 2.45) is 5.73 Å². The van der Waals surface area contributed by atoms with Gasteiger partial charge in [0.05, 0.1) is 0 Å². The third-order valence-corrected chi connectivity index (χ3v) is 4.15. The average molecular weight is 327 g/mol. The zero-order chi connectivity index (χ0) is 16.4. The first-order chi connectivity index (χ1) is 11.1. The summed E-state index contributed by atoms with van der Waals surface area (Å²) in [6, 6.07) is 13.8. The summed E-state index contributed by atoms with van der Waals surface area (Å²) in [5.41, 5.74) is 7.06. The summed E-state index contributed by atoms with van der Waals surface area (Å²) in [6.45, 7) is 0. The zero-order valence-electron chi connectivity index (χ0n) is 12.4. The molecule has 4 nitrogen and oxygen atoms in total. The molecule has 0 aliphatic rings. The number of hydrogen-bond donors (Lipinski definition) is 1. The lowest BCUT2D eigenvalue weighted by Gasteiger charge is -2.08. The summed E-state index contributed by atoms with van der Waals surface area (Å²) in [5, 5.41) is 0. The molecule has 0 spiro atoms. The molecule has 0 unspecified atom stereocenters. The van der Waals surface area contributed by atoms with Crippen LogP contribution in [0.4, 0.5) is 4.39 Å². The van der Waals surface area contributed by atoms with Gasteiger partial charge in [-0.25, -0.2) is 9.37 Å². The van der Waals surface area contributed by atoms with Gasteiger partial charge in [-0.2, -0.15) is 0 Å². The average Bonchev–Trinajstić information content (AvgIpc) is 3.01. The minimum absolute atomic E-state index is 0.165. The monoisotopic (exact) mass is 327 g/mol. The highest BCUT2D eigenvalue weighted by molar-refractivity contribution is 7.98. The van der Waals surface area contributed by atoms with Crippen LogP contribution in [0.3, 0.4) is 0 Å². The Morgan fingerprint density at radius 2 is 1.78 bits per heavy atom. The van der Waals surface area contributed by atoms with E-state index in [1.54, 1.807) is 34.7 Å². The fraction of sp³-hybridized carbons (Fsp3) is 0.0588. The van der Waals surface area contributed by atoms with Crippen molar-refractivity contribution in [3.05, 3.63) is 66.2 Å². The van der Waals surface area contributed by atoms with Crippen LogP contribution in [-0.2, 0) is 0 Å². The van der Waals surface area contributed by atoms with E-state index in [4.69, 9.17) is 5.73 Å². The fourth-order valence-electron chi connectivity index (χ4n) is 2.24. The molecule has 1 aromatic heterocycles. The van der Waals surface area contributed by atoms with E-state index >= 15 is 0 Å². The Labute approximate surface area is 137 Å². The van der Waals surface area contributed by atoms with Crippen molar-refractivity contribution in [1.29, 1.82) is 0 Å². The SMILES string of the molecule is CSc1ccc(-c2nc(C(N)=O)cn2-c2ccc(F)cc2)cc1. The molecule has 3 aromatic rings. The van der Waals surface area contributed by atoms with Crippen molar-refractivity contribution < 1.29 is 9.18 Å². The number of halogens is 1. The molecule has 116 valence electrons. The Balaban J connectivity index is 2.13. The van der Waals surface area contributed by atoms with Gasteiger partial charge in [-0.1, -0.05) is 12.1 Å². The molecule has 0 aliphatic heterocycles. The molecule has 3 rings (SSSR count). The normalized spacial score (nSPS) is 10.7. The van der Waals surface area contributed by atoms with Gasteiger partial charge in [0.1, 0.15) is 17.3 Å². The Kier molecular flexibility index (Phi) is 4.16. The summed E-state index contributed by atoms with van der Waals surface area (Å²) >= 11 is 1.64. The van der Waals surface area contributed by atoms with Crippen LogP contribution in [0, 0.1) is 5.82 Å². The van der Waals surface area contributed by atoms with E-state index in [0.717, 1.165) is 10.5 Å². The van der Waals surface area contributed by atoms with E-state index in [-0.39, 0.29) is 11.5 Å². The number of imidazole rings is 1. The molecule has 0 saturated carbocycles. The van der Waals surface area contributed by atoms with Crippen molar-refractivity contribution in [2.75, 3.05) is 6.26 Å². The molecular weight excluding hydrogens is 313 g/mol. The molecule has 6 heteroatoms. The fourth-order valence-corrected chi connectivity index (χ4v) is 2.65. The van der Waals surface area contributed by atoms with E-state index in [2.05, 4.69) is 4.98 Å². The van der Waals surface area contributed by atoms with Crippen LogP contribution < -0.4 is 5.73 Å². The molecule has 0 radical (unpaired) electrons. The molecule has 0 fully saturated rings. The van der Waals surface area contributed by atoms with Gasteiger partial charge in [0.2, 0.25) is 0 Å². The number of carbonyl (C=O) groups excluding carboxylic acids is 1. The Bertz CT molecular complexity index is 841. The highest BCUT2D eigenvalue weighted by Crippen LogP contribution is 2.25. The van der Waals surface area contributed by atoms with Gasteiger partial charge in [-0.15, -0.1) is 11.8 Å². The summed E-state index contributed by atoms with van der Waals surface area (Å²) in [7, 11) is 0. The van der Waals surface area contributed by atoms with Crippen molar-refractivity contribution in [3.8, 4) is 17.1 Å². The first-order valence-corrected chi connectivity index (χ1v) is 8.10. The lowest BCUT2D eigenvalue weighted by molar-refractivity contribution is 0.0996. The lowest BCUT2D eigenvalue weighted by Crippen LogP contribution is -2.11. The lowest BCUT2D eigenvalue weighted by atomic mass is 10.2. The largest absolute Gasteiger partial charge is 0.364 e. The number of rotatable bonds is 4. The summed E-state index contributed by atoms with van der Waals surface area (Å²) in [6.07, 6.45) is 3.56. The summed E-state index contributed by atoms with van der Waals surface area (Å²) < 4.78 is 14.9. The molecule has 23 heavy (non-hydrogen) atoms. The van der Waals surface area contributed by atoms with E-state index in [9.17, 15) is 9.18 Å². The molecule has 0 bridgehead atoms. The molecule has 0 saturated heterocycles. The van der Waals surface area contributed by atoms with Gasteiger partial charge in [-0.05, 0) is 42.7 Å². The van der Waals surface area contributed by atoms with E-state index in [1.807, 2.05) is 30.5 Å². The van der Waals surface area contributed by atoms with Gasteiger partial charge in [0.25, 0.3) is 5.91 Å². The summed E-state index contributed by atoms with van der Waals surface area (Å²) in [4.78, 5) is 16.9. The number of nitrogens with two attached hydrogens (primary N) is 1. The first kappa shape index (κ1) is 15.3. The Hall–Kier alpha value is -2.60. The molecular formula is C17H14FN3OS. The van der Waals surface area contributed by atoms with Crippen molar-refractivity contribution >= 4 is 17.7 Å². The van der Waals surface area contributed by atoms with Crippen LogP contribution >= 0.6 is 11.8 Å². The van der Waals surface area contributed by atoms with E-state index in [1.165, 1.54) is 12.1 Å². The van der Waals surface area contributed by atoms with Crippen LogP contribution in [0.5, 0.6) is 0 Å². The molecule has 1 heterocycles. The highest BCUT2D eigenvalue weighted by atomic mass is 32.2. The molecule has 2 aromatic carbocycles. The molecule has 0 atom stereocenters. The minimum atomic E-state index is -0.604. The third-order valence-electron chi connectivity index (χ3n) is 3.41. The number of nitrogens with zero attached hydrogens (tertiary/aromatic N) is 2. The van der Waals surface area contributed by atoms with E-state index < -0.39 is 5.91 Å². The molecule has 0 aliphatic carbocycles. The van der Waals surface area contributed by atoms with Crippen molar-refractivity contribution in [1.82, 2.24) is 9.55 Å². The topological polar surface area (TPSA) is 60.9 Å². The molecule has 2 N–H and O–H groups in total.